The molecule has 0 saturated carbocycles. The minimum atomic E-state index is 0. The average molecular weight is 182 g/mol. The maximum Gasteiger partial charge on any atom is 0.123 e. The third kappa shape index (κ3) is 280. The molecule has 0 saturated heterocycles. The molecule has 0 unspecified atom stereocenters. The molecule has 0 bridgehead atoms. The second-order valence-corrected chi connectivity index (χ2v) is 0. The first-order valence-electron chi connectivity index (χ1n) is 0.986. The first-order valence-corrected chi connectivity index (χ1v) is 0.986. The van der Waals surface area contributed by atoms with E-state index in [9.17, 15) is 0 Å². The van der Waals surface area contributed by atoms with Gasteiger partial charge in [0.1, 0.15) is 6.72 Å². The smallest absolute Gasteiger partial charge is 0.123 e. The zero-order valence-electron chi connectivity index (χ0n) is 3.44. The molecular weight excluding hydrogens is 165 g/mol. The summed E-state index contributed by atoms with van der Waals surface area (Å²) in [6, 6.07) is 0. The van der Waals surface area contributed by atoms with E-state index in [0.29, 0.717) is 0 Å². The van der Waals surface area contributed by atoms with Crippen LogP contribution < -0.4 is 11.1 Å². The van der Waals surface area contributed by atoms with Gasteiger partial charge in [-0.15, -0.1) is 0 Å². The van der Waals surface area contributed by atoms with E-state index in [0.717, 1.165) is 0 Å². The van der Waals surface area contributed by atoms with Crippen LogP contribution in [0.1, 0.15) is 14.9 Å². The molecule has 0 aromatic rings. The fourth-order valence-corrected chi connectivity index (χ4v) is 0. The summed E-state index contributed by atoms with van der Waals surface area (Å²) in [5.74, 6) is 0. The molecule has 3 heteroatoms. The zero-order valence-corrected chi connectivity index (χ0v) is 6.28. The van der Waals surface area contributed by atoms with Crippen LogP contribution in [0.3, 0.4) is 0 Å². The first-order chi connectivity index (χ1) is 2.00. The van der Waals surface area contributed by atoms with Crippen LogP contribution in [0.2, 0.25) is 0 Å². The fourth-order valence-electron chi connectivity index (χ4n) is 0. The third-order valence-electron chi connectivity index (χ3n) is 0. The van der Waals surface area contributed by atoms with E-state index in [1.165, 1.54) is 7.05 Å². The Morgan fingerprint density at radius 1 is 1.14 bits per heavy atom. The third-order valence-corrected chi connectivity index (χ3v) is 0. The Labute approximate surface area is 72.3 Å². The van der Waals surface area contributed by atoms with Crippen LogP contribution in [-0.4, -0.2) is 13.8 Å². The molecule has 4 N–H and O–H groups in total. The largest absolute Gasteiger partial charge is 0.333 e. The minimum absolute atomic E-state index is 0. The molecule has 7 heavy (non-hydrogen) atoms. The SMILES string of the molecule is C.C.C=[NH2+].CN.[Y]. The van der Waals surface area contributed by atoms with Crippen molar-refractivity contribution in [1.29, 1.82) is 0 Å². The van der Waals surface area contributed by atoms with Crippen LogP contribution in [-0.2, 0) is 32.7 Å². The summed E-state index contributed by atoms with van der Waals surface area (Å²) in [5, 5.41) is 4.25. The van der Waals surface area contributed by atoms with Gasteiger partial charge in [-0.05, 0) is 7.05 Å². The van der Waals surface area contributed by atoms with E-state index in [4.69, 9.17) is 0 Å². The predicted octanol–water partition coefficient (Wildman–Crippen LogP) is -0.709. The van der Waals surface area contributed by atoms with E-state index in [-0.39, 0.29) is 47.6 Å². The van der Waals surface area contributed by atoms with Crippen LogP contribution in [0.4, 0.5) is 0 Å². The van der Waals surface area contributed by atoms with Crippen LogP contribution >= 0.6 is 0 Å². The number of rotatable bonds is 0. The molecule has 0 aromatic carbocycles. The van der Waals surface area contributed by atoms with Crippen molar-refractivity contribution < 1.29 is 38.1 Å². The second kappa shape index (κ2) is 411. The number of hydrogen-bond acceptors (Lipinski definition) is 1. The summed E-state index contributed by atoms with van der Waals surface area (Å²) in [5.41, 5.74) is 4.50. The van der Waals surface area contributed by atoms with Gasteiger partial charge in [0.15, 0.2) is 0 Å². The van der Waals surface area contributed by atoms with Crippen LogP contribution in [0.25, 0.3) is 0 Å². The summed E-state index contributed by atoms with van der Waals surface area (Å²) in [4.78, 5) is 0. The molecule has 0 aliphatic carbocycles. The van der Waals surface area contributed by atoms with Gasteiger partial charge in [-0.25, -0.2) is 0 Å². The van der Waals surface area contributed by atoms with Gasteiger partial charge in [-0.3, -0.25) is 5.41 Å². The van der Waals surface area contributed by atoms with Gasteiger partial charge in [0.25, 0.3) is 0 Å². The fraction of sp³-hybridized carbons (Fsp3) is 0.750. The van der Waals surface area contributed by atoms with Gasteiger partial charge in [0, 0.05) is 32.7 Å². The summed E-state index contributed by atoms with van der Waals surface area (Å²) in [6.07, 6.45) is 0. The van der Waals surface area contributed by atoms with Crippen molar-refractivity contribution in [1.82, 2.24) is 0 Å². The molecule has 0 heterocycles. The predicted molar refractivity (Wildman–Crippen MR) is 32.6 cm³/mol. The van der Waals surface area contributed by atoms with Gasteiger partial charge in [0.05, 0.1) is 0 Å². The van der Waals surface area contributed by atoms with Crippen LogP contribution in [0.5, 0.6) is 0 Å². The van der Waals surface area contributed by atoms with E-state index >= 15 is 0 Å². The molecule has 0 fully saturated rings. The van der Waals surface area contributed by atoms with Crippen molar-refractivity contribution in [2.45, 2.75) is 14.9 Å². The van der Waals surface area contributed by atoms with Gasteiger partial charge in [0.2, 0.25) is 0 Å². The Morgan fingerprint density at radius 3 is 1.14 bits per heavy atom. The van der Waals surface area contributed by atoms with Crippen molar-refractivity contribution in [2.75, 3.05) is 7.05 Å². The zero-order chi connectivity index (χ0) is 4.00. The maximum atomic E-state index is 4.50. The first kappa shape index (κ1) is 46.9. The normalized spacial score (nSPS) is 1.43. The molecule has 45 valence electrons. The summed E-state index contributed by atoms with van der Waals surface area (Å²) in [7, 11) is 1.50. The average Bonchev–Trinajstić information content (AvgIpc) is 1.50. The van der Waals surface area contributed by atoms with Crippen molar-refractivity contribution in [3.8, 4) is 0 Å². The molecule has 1 radical (unpaired) electrons. The molecular formula is C4H17N2Y+. The van der Waals surface area contributed by atoms with Crippen molar-refractivity contribution in [2.24, 2.45) is 5.73 Å². The Hall–Kier alpha value is 0.734. The van der Waals surface area contributed by atoms with E-state index < -0.39 is 0 Å². The molecule has 0 amide bonds. The maximum absolute atomic E-state index is 4.50. The van der Waals surface area contributed by atoms with Gasteiger partial charge in [-0.1, -0.05) is 14.9 Å². The number of nitrogens with two attached hydrogens (primary N) is 2. The molecule has 0 aromatic heterocycles. The van der Waals surface area contributed by atoms with Gasteiger partial charge < -0.3 is 5.73 Å². The Morgan fingerprint density at radius 2 is 1.14 bits per heavy atom. The van der Waals surface area contributed by atoms with Gasteiger partial charge in [-0.2, -0.15) is 0 Å². The van der Waals surface area contributed by atoms with Crippen molar-refractivity contribution in [3.63, 3.8) is 0 Å². The summed E-state index contributed by atoms with van der Waals surface area (Å²) < 4.78 is 0. The van der Waals surface area contributed by atoms with Crippen LogP contribution in [0.15, 0.2) is 0 Å². The van der Waals surface area contributed by atoms with E-state index in [1.807, 2.05) is 0 Å². The quantitative estimate of drug-likeness (QED) is 0.478. The summed E-state index contributed by atoms with van der Waals surface area (Å²) in [6.45, 7) is 2.75. The van der Waals surface area contributed by atoms with Gasteiger partial charge >= 0.3 is 0 Å². The standard InChI is InChI=1S/CH5N.CH3N.2CH4.Y/c2*1-2;;;/h2H2,1H3;2H,1H2;2*1H4;/p+1. The van der Waals surface area contributed by atoms with Crippen molar-refractivity contribution in [3.05, 3.63) is 0 Å². The number of hydrogen-bond donors (Lipinski definition) is 2. The second-order valence-electron chi connectivity index (χ2n) is 0. The molecule has 0 aliphatic rings. The monoisotopic (exact) mass is 182 g/mol. The molecule has 2 nitrogen and oxygen atoms in total. The molecule has 0 spiro atoms. The van der Waals surface area contributed by atoms with Crippen molar-refractivity contribution >= 4 is 6.72 Å². The van der Waals surface area contributed by atoms with E-state index in [1.54, 1.807) is 0 Å². The summed E-state index contributed by atoms with van der Waals surface area (Å²) >= 11 is 0. The Kier molecular flexibility index (Phi) is 2760. The Bertz CT molecular complexity index is 9.65. The molecule has 0 rings (SSSR count). The molecule has 0 atom stereocenters. The van der Waals surface area contributed by atoms with Crippen LogP contribution in [0, 0.1) is 0 Å². The van der Waals surface area contributed by atoms with E-state index in [2.05, 4.69) is 17.9 Å². The minimum Gasteiger partial charge on any atom is -0.333 e. The topological polar surface area (TPSA) is 51.6 Å². The Balaban J connectivity index is -0.00000000267. The molecule has 0 aliphatic heterocycles.